The van der Waals surface area contributed by atoms with E-state index in [0.29, 0.717) is 12.3 Å². The smallest absolute Gasteiger partial charge is 0.357 e. The van der Waals surface area contributed by atoms with Crippen LogP contribution in [0.25, 0.3) is 0 Å². The highest BCUT2D eigenvalue weighted by Crippen LogP contribution is 2.22. The van der Waals surface area contributed by atoms with E-state index in [1.807, 2.05) is 6.92 Å². The molecular weight excluding hydrogens is 230 g/mol. The van der Waals surface area contributed by atoms with Gasteiger partial charge in [0.15, 0.2) is 5.69 Å². The van der Waals surface area contributed by atoms with Crippen molar-refractivity contribution in [1.82, 2.24) is 9.97 Å². The van der Waals surface area contributed by atoms with Crippen molar-refractivity contribution >= 4 is 11.8 Å². The molecular formula is C13H19N3O2. The molecule has 1 aromatic rings. The molecule has 1 saturated heterocycles. The molecule has 2 rings (SSSR count). The van der Waals surface area contributed by atoms with Crippen LogP contribution in [0.1, 0.15) is 42.2 Å². The van der Waals surface area contributed by atoms with Crippen LogP contribution >= 0.6 is 0 Å². The predicted molar refractivity (Wildman–Crippen MR) is 68.8 cm³/mol. The maximum absolute atomic E-state index is 11.8. The number of aromatic nitrogens is 2. The van der Waals surface area contributed by atoms with E-state index in [-0.39, 0.29) is 5.97 Å². The fraction of sp³-hybridized carbons (Fsp3) is 0.615. The molecule has 1 aliphatic heterocycles. The summed E-state index contributed by atoms with van der Waals surface area (Å²) in [6.45, 7) is 6.04. The molecule has 0 bridgehead atoms. The number of anilines is 1. The standard InChI is InChI=1S/C13H19N3O2/c1-3-18-13(17)11-10(2)12(15-9-14-11)16-7-5-4-6-8-16/h9H,3-8H2,1-2H3. The van der Waals surface area contributed by atoms with E-state index in [0.717, 1.165) is 24.5 Å². The van der Waals surface area contributed by atoms with Crippen molar-refractivity contribution in [2.75, 3.05) is 24.6 Å². The van der Waals surface area contributed by atoms with Gasteiger partial charge >= 0.3 is 5.97 Å². The minimum atomic E-state index is -0.365. The Kier molecular flexibility index (Phi) is 4.12. The zero-order chi connectivity index (χ0) is 13.0. The summed E-state index contributed by atoms with van der Waals surface area (Å²) in [6.07, 6.45) is 5.07. The Hall–Kier alpha value is -1.65. The Bertz CT molecular complexity index is 428. The topological polar surface area (TPSA) is 55.3 Å². The molecule has 5 heteroatoms. The van der Waals surface area contributed by atoms with Crippen molar-refractivity contribution in [2.45, 2.75) is 33.1 Å². The molecule has 0 atom stereocenters. The molecule has 2 heterocycles. The largest absolute Gasteiger partial charge is 0.461 e. The lowest BCUT2D eigenvalue weighted by atomic mass is 10.1. The van der Waals surface area contributed by atoms with Gasteiger partial charge in [0.2, 0.25) is 0 Å². The SMILES string of the molecule is CCOC(=O)c1ncnc(N2CCCCC2)c1C. The van der Waals surface area contributed by atoms with Crippen molar-refractivity contribution in [1.29, 1.82) is 0 Å². The molecule has 0 unspecified atom stereocenters. The summed E-state index contributed by atoms with van der Waals surface area (Å²) in [4.78, 5) is 22.3. The average Bonchev–Trinajstić information content (AvgIpc) is 2.40. The fourth-order valence-corrected chi connectivity index (χ4v) is 2.27. The van der Waals surface area contributed by atoms with Crippen molar-refractivity contribution in [3.63, 3.8) is 0 Å². The number of carbonyl (C=O) groups excluding carboxylic acids is 1. The molecule has 1 fully saturated rings. The first-order valence-corrected chi connectivity index (χ1v) is 6.47. The van der Waals surface area contributed by atoms with Gasteiger partial charge in [-0.2, -0.15) is 0 Å². The van der Waals surface area contributed by atoms with Crippen molar-refractivity contribution in [3.8, 4) is 0 Å². The monoisotopic (exact) mass is 249 g/mol. The van der Waals surface area contributed by atoms with Gasteiger partial charge in [-0.3, -0.25) is 0 Å². The number of carbonyl (C=O) groups is 1. The highest BCUT2D eigenvalue weighted by atomic mass is 16.5. The van der Waals surface area contributed by atoms with Gasteiger partial charge in [0, 0.05) is 18.7 Å². The van der Waals surface area contributed by atoms with E-state index >= 15 is 0 Å². The van der Waals surface area contributed by atoms with Crippen molar-refractivity contribution in [2.24, 2.45) is 0 Å². The Balaban J connectivity index is 2.26. The molecule has 0 spiro atoms. The second-order valence-electron chi connectivity index (χ2n) is 4.44. The summed E-state index contributed by atoms with van der Waals surface area (Å²) in [5, 5.41) is 0. The van der Waals surface area contributed by atoms with Gasteiger partial charge in [0.1, 0.15) is 12.1 Å². The van der Waals surface area contributed by atoms with Crippen LogP contribution in [0, 0.1) is 6.92 Å². The molecule has 0 aromatic carbocycles. The third kappa shape index (κ3) is 2.60. The number of nitrogens with zero attached hydrogens (tertiary/aromatic N) is 3. The van der Waals surface area contributed by atoms with E-state index in [1.165, 1.54) is 25.6 Å². The van der Waals surface area contributed by atoms with Crippen LogP contribution in [-0.4, -0.2) is 35.6 Å². The van der Waals surface area contributed by atoms with E-state index < -0.39 is 0 Å². The molecule has 0 N–H and O–H groups in total. The van der Waals surface area contributed by atoms with Gasteiger partial charge in [0.05, 0.1) is 6.61 Å². The summed E-state index contributed by atoms with van der Waals surface area (Å²) in [5.41, 5.74) is 1.20. The van der Waals surface area contributed by atoms with Crippen LogP contribution in [0.15, 0.2) is 6.33 Å². The molecule has 18 heavy (non-hydrogen) atoms. The first-order chi connectivity index (χ1) is 8.74. The second kappa shape index (κ2) is 5.80. The molecule has 1 aromatic heterocycles. The molecule has 1 aliphatic rings. The van der Waals surface area contributed by atoms with Crippen LogP contribution in [0.2, 0.25) is 0 Å². The Morgan fingerprint density at radius 2 is 2.06 bits per heavy atom. The summed E-state index contributed by atoms with van der Waals surface area (Å²) in [7, 11) is 0. The molecule has 0 saturated carbocycles. The van der Waals surface area contributed by atoms with Crippen LogP contribution in [0.3, 0.4) is 0 Å². The summed E-state index contributed by atoms with van der Waals surface area (Å²) in [6, 6.07) is 0. The second-order valence-corrected chi connectivity index (χ2v) is 4.44. The van der Waals surface area contributed by atoms with Gasteiger partial charge in [-0.15, -0.1) is 0 Å². The average molecular weight is 249 g/mol. The number of ether oxygens (including phenoxy) is 1. The quantitative estimate of drug-likeness (QED) is 0.766. The first-order valence-electron chi connectivity index (χ1n) is 6.47. The minimum absolute atomic E-state index is 0.362. The lowest BCUT2D eigenvalue weighted by molar-refractivity contribution is 0.0518. The van der Waals surface area contributed by atoms with Crippen molar-refractivity contribution in [3.05, 3.63) is 17.6 Å². The van der Waals surface area contributed by atoms with Crippen LogP contribution in [0.5, 0.6) is 0 Å². The molecule has 98 valence electrons. The number of hydrogen-bond acceptors (Lipinski definition) is 5. The lowest BCUT2D eigenvalue weighted by Gasteiger charge is -2.29. The third-order valence-corrected chi connectivity index (χ3v) is 3.18. The molecule has 5 nitrogen and oxygen atoms in total. The highest BCUT2D eigenvalue weighted by molar-refractivity contribution is 5.90. The van der Waals surface area contributed by atoms with Gasteiger partial charge in [0.25, 0.3) is 0 Å². The van der Waals surface area contributed by atoms with Gasteiger partial charge in [-0.1, -0.05) is 0 Å². The van der Waals surface area contributed by atoms with E-state index in [2.05, 4.69) is 14.9 Å². The zero-order valence-corrected chi connectivity index (χ0v) is 11.0. The lowest BCUT2D eigenvalue weighted by Crippen LogP contribution is -2.31. The molecule has 0 amide bonds. The number of piperidine rings is 1. The van der Waals surface area contributed by atoms with E-state index in [9.17, 15) is 4.79 Å². The predicted octanol–water partition coefficient (Wildman–Crippen LogP) is 1.95. The maximum Gasteiger partial charge on any atom is 0.357 e. The number of esters is 1. The van der Waals surface area contributed by atoms with Gasteiger partial charge < -0.3 is 9.64 Å². The maximum atomic E-state index is 11.8. The molecule has 0 aliphatic carbocycles. The van der Waals surface area contributed by atoms with Gasteiger partial charge in [-0.05, 0) is 33.1 Å². The fourth-order valence-electron chi connectivity index (χ4n) is 2.27. The Morgan fingerprint density at radius 3 is 2.72 bits per heavy atom. The van der Waals surface area contributed by atoms with E-state index in [1.54, 1.807) is 6.92 Å². The van der Waals surface area contributed by atoms with Crippen molar-refractivity contribution < 1.29 is 9.53 Å². The van der Waals surface area contributed by atoms with Crippen LogP contribution in [-0.2, 0) is 4.74 Å². The first kappa shape index (κ1) is 12.8. The zero-order valence-electron chi connectivity index (χ0n) is 11.0. The normalized spacial score (nSPS) is 15.6. The van der Waals surface area contributed by atoms with Crippen LogP contribution < -0.4 is 4.90 Å². The number of rotatable bonds is 3. The van der Waals surface area contributed by atoms with E-state index in [4.69, 9.17) is 4.74 Å². The Labute approximate surface area is 107 Å². The summed E-state index contributed by atoms with van der Waals surface area (Å²) < 4.78 is 5.00. The number of hydrogen-bond donors (Lipinski definition) is 0. The summed E-state index contributed by atoms with van der Waals surface area (Å²) >= 11 is 0. The minimum Gasteiger partial charge on any atom is -0.461 e. The van der Waals surface area contributed by atoms with Crippen LogP contribution in [0.4, 0.5) is 5.82 Å². The highest BCUT2D eigenvalue weighted by Gasteiger charge is 2.20. The Morgan fingerprint density at radius 1 is 1.33 bits per heavy atom. The molecule has 0 radical (unpaired) electrons. The van der Waals surface area contributed by atoms with Gasteiger partial charge in [-0.25, -0.2) is 14.8 Å². The third-order valence-electron chi connectivity index (χ3n) is 3.18. The summed E-state index contributed by atoms with van der Waals surface area (Å²) in [5.74, 6) is 0.503.